The molecular formula is C24H23N5O6S. The van der Waals surface area contributed by atoms with Crippen LogP contribution in [-0.2, 0) is 23.7 Å². The molecule has 11 nitrogen and oxygen atoms in total. The van der Waals surface area contributed by atoms with Crippen LogP contribution in [0.25, 0.3) is 17.1 Å². The smallest absolute Gasteiger partial charge is 0.325 e. The SMILES string of the molecule is CC(C)c1ccc(NC(=O)CN2C(=O)S/C(=C\c3cc4c(cc3[N+](=O)[O-])n(C)c(=O)n4C)C2=O)cc1. The molecule has 4 rings (SSSR count). The van der Waals surface area contributed by atoms with Gasteiger partial charge in [-0.25, -0.2) is 4.79 Å². The summed E-state index contributed by atoms with van der Waals surface area (Å²) < 4.78 is 2.62. The van der Waals surface area contributed by atoms with Gasteiger partial charge in [0.25, 0.3) is 16.8 Å². The molecule has 3 aromatic rings. The van der Waals surface area contributed by atoms with E-state index in [2.05, 4.69) is 19.2 Å². The minimum Gasteiger partial charge on any atom is -0.325 e. The topological polar surface area (TPSA) is 137 Å². The Morgan fingerprint density at radius 1 is 1.08 bits per heavy atom. The second kappa shape index (κ2) is 9.46. The summed E-state index contributed by atoms with van der Waals surface area (Å²) in [4.78, 5) is 61.9. The molecule has 3 amide bonds. The Morgan fingerprint density at radius 3 is 2.28 bits per heavy atom. The number of carbonyl (C=O) groups is 3. The molecule has 0 unspecified atom stereocenters. The molecule has 0 radical (unpaired) electrons. The van der Waals surface area contributed by atoms with E-state index in [0.717, 1.165) is 10.5 Å². The molecule has 0 saturated carbocycles. The molecule has 2 heterocycles. The predicted octanol–water partition coefficient (Wildman–Crippen LogP) is 3.58. The molecule has 0 spiro atoms. The van der Waals surface area contributed by atoms with Gasteiger partial charge in [0, 0.05) is 25.8 Å². The van der Waals surface area contributed by atoms with Gasteiger partial charge in [-0.15, -0.1) is 0 Å². The van der Waals surface area contributed by atoms with Gasteiger partial charge >= 0.3 is 5.69 Å². The Hall–Kier alpha value is -4.19. The fraction of sp³-hybridized carbons (Fsp3) is 0.250. The molecule has 36 heavy (non-hydrogen) atoms. The van der Waals surface area contributed by atoms with Crippen molar-refractivity contribution in [1.29, 1.82) is 0 Å². The van der Waals surface area contributed by atoms with Crippen molar-refractivity contribution in [3.05, 3.63) is 73.0 Å². The van der Waals surface area contributed by atoms with Crippen molar-refractivity contribution >= 4 is 57.3 Å². The predicted molar refractivity (Wildman–Crippen MR) is 137 cm³/mol. The lowest BCUT2D eigenvalue weighted by Crippen LogP contribution is -2.36. The third kappa shape index (κ3) is 4.54. The average molecular weight is 510 g/mol. The lowest BCUT2D eigenvalue weighted by Gasteiger charge is -2.13. The minimum atomic E-state index is -0.730. The van der Waals surface area contributed by atoms with Crippen LogP contribution in [0.3, 0.4) is 0 Å². The summed E-state index contributed by atoms with van der Waals surface area (Å²) in [5, 5.41) is 13.7. The molecule has 1 aliphatic heterocycles. The van der Waals surface area contributed by atoms with Crippen LogP contribution in [-0.4, -0.2) is 42.6 Å². The van der Waals surface area contributed by atoms with Crippen LogP contribution in [0.4, 0.5) is 16.2 Å². The maximum Gasteiger partial charge on any atom is 0.328 e. The van der Waals surface area contributed by atoms with Crippen molar-refractivity contribution in [2.24, 2.45) is 14.1 Å². The molecule has 1 aliphatic rings. The van der Waals surface area contributed by atoms with E-state index < -0.39 is 28.5 Å². The molecule has 0 atom stereocenters. The molecule has 186 valence electrons. The second-order valence-electron chi connectivity index (χ2n) is 8.65. The number of nitrogens with one attached hydrogen (secondary N) is 1. The highest BCUT2D eigenvalue weighted by Gasteiger charge is 2.37. The Labute approximate surface area is 209 Å². The van der Waals surface area contributed by atoms with E-state index in [-0.39, 0.29) is 21.8 Å². The van der Waals surface area contributed by atoms with Crippen LogP contribution in [0.1, 0.15) is 30.9 Å². The van der Waals surface area contributed by atoms with Crippen molar-refractivity contribution in [2.45, 2.75) is 19.8 Å². The van der Waals surface area contributed by atoms with Crippen LogP contribution in [0.15, 0.2) is 46.1 Å². The van der Waals surface area contributed by atoms with E-state index >= 15 is 0 Å². The van der Waals surface area contributed by atoms with E-state index in [9.17, 15) is 29.3 Å². The van der Waals surface area contributed by atoms with Crippen LogP contribution in [0, 0.1) is 10.1 Å². The molecule has 2 aromatic carbocycles. The second-order valence-corrected chi connectivity index (χ2v) is 9.64. The molecule has 0 aliphatic carbocycles. The summed E-state index contributed by atoms with van der Waals surface area (Å²) in [5.41, 5.74) is 1.81. The Kier molecular flexibility index (Phi) is 6.55. The Morgan fingerprint density at radius 2 is 1.69 bits per heavy atom. The van der Waals surface area contributed by atoms with Gasteiger partial charge in [0.1, 0.15) is 6.54 Å². The summed E-state index contributed by atoms with van der Waals surface area (Å²) >= 11 is 0.591. The summed E-state index contributed by atoms with van der Waals surface area (Å²) in [7, 11) is 3.03. The number of anilines is 1. The van der Waals surface area contributed by atoms with Crippen LogP contribution >= 0.6 is 11.8 Å². The zero-order valence-electron chi connectivity index (χ0n) is 20.0. The normalized spacial score (nSPS) is 14.9. The number of carbonyl (C=O) groups excluding carboxylic acids is 3. The monoisotopic (exact) mass is 509 g/mol. The Bertz CT molecular complexity index is 1520. The number of nitro groups is 1. The van der Waals surface area contributed by atoms with E-state index in [1.807, 2.05) is 12.1 Å². The number of nitro benzene ring substituents is 1. The third-order valence-electron chi connectivity index (χ3n) is 5.94. The maximum atomic E-state index is 12.9. The number of aryl methyl sites for hydroxylation is 2. The number of imide groups is 1. The van der Waals surface area contributed by atoms with Gasteiger partial charge in [-0.3, -0.25) is 38.5 Å². The zero-order chi connectivity index (χ0) is 26.3. The number of aromatic nitrogens is 2. The fourth-order valence-corrected chi connectivity index (χ4v) is 4.73. The largest absolute Gasteiger partial charge is 0.328 e. The first-order valence-corrected chi connectivity index (χ1v) is 11.8. The quantitative estimate of drug-likeness (QED) is 0.305. The van der Waals surface area contributed by atoms with Gasteiger partial charge in [0.15, 0.2) is 0 Å². The van der Waals surface area contributed by atoms with Crippen LogP contribution < -0.4 is 11.0 Å². The van der Waals surface area contributed by atoms with Crippen molar-refractivity contribution < 1.29 is 19.3 Å². The van der Waals surface area contributed by atoms with Gasteiger partial charge in [0.2, 0.25) is 5.91 Å². The van der Waals surface area contributed by atoms with E-state index in [1.54, 1.807) is 12.1 Å². The molecule has 0 bridgehead atoms. The van der Waals surface area contributed by atoms with Gasteiger partial charge in [-0.2, -0.15) is 0 Å². The lowest BCUT2D eigenvalue weighted by molar-refractivity contribution is -0.385. The summed E-state index contributed by atoms with van der Waals surface area (Å²) in [6.07, 6.45) is 1.24. The van der Waals surface area contributed by atoms with Gasteiger partial charge in [0.05, 0.1) is 26.4 Å². The number of fused-ring (bicyclic) bond motifs is 1. The highest BCUT2D eigenvalue weighted by Crippen LogP contribution is 2.35. The van der Waals surface area contributed by atoms with Gasteiger partial charge in [-0.05, 0) is 47.5 Å². The van der Waals surface area contributed by atoms with Crippen LogP contribution in [0.2, 0.25) is 0 Å². The fourth-order valence-electron chi connectivity index (χ4n) is 3.90. The number of rotatable bonds is 6. The molecule has 1 saturated heterocycles. The minimum absolute atomic E-state index is 0.0579. The van der Waals surface area contributed by atoms with Crippen molar-refractivity contribution in [3.8, 4) is 0 Å². The summed E-state index contributed by atoms with van der Waals surface area (Å²) in [5.74, 6) is -0.950. The van der Waals surface area contributed by atoms with Crippen LogP contribution in [0.5, 0.6) is 0 Å². The highest BCUT2D eigenvalue weighted by molar-refractivity contribution is 8.18. The third-order valence-corrected chi connectivity index (χ3v) is 6.85. The van der Waals surface area contributed by atoms with Gasteiger partial charge in [-0.1, -0.05) is 26.0 Å². The van der Waals surface area contributed by atoms with E-state index in [4.69, 9.17) is 0 Å². The Balaban J connectivity index is 1.58. The average Bonchev–Trinajstić information content (AvgIpc) is 3.20. The number of imidazole rings is 1. The number of hydrogen-bond acceptors (Lipinski definition) is 7. The highest BCUT2D eigenvalue weighted by atomic mass is 32.2. The number of thioether (sulfide) groups is 1. The zero-order valence-corrected chi connectivity index (χ0v) is 20.8. The number of benzene rings is 2. The molecular weight excluding hydrogens is 486 g/mol. The molecule has 1 aromatic heterocycles. The number of amides is 3. The lowest BCUT2D eigenvalue weighted by atomic mass is 10.0. The summed E-state index contributed by atoms with van der Waals surface area (Å²) in [6, 6.07) is 9.94. The van der Waals surface area contributed by atoms with Gasteiger partial charge < -0.3 is 5.32 Å². The summed E-state index contributed by atoms with van der Waals surface area (Å²) in [6.45, 7) is 3.60. The van der Waals surface area contributed by atoms with Crippen molar-refractivity contribution in [2.75, 3.05) is 11.9 Å². The first-order chi connectivity index (χ1) is 17.0. The van der Waals surface area contributed by atoms with E-state index in [0.29, 0.717) is 34.4 Å². The first kappa shape index (κ1) is 24.9. The maximum absolute atomic E-state index is 12.9. The first-order valence-electron chi connectivity index (χ1n) is 11.0. The molecule has 1 fully saturated rings. The van der Waals surface area contributed by atoms with Crippen molar-refractivity contribution in [1.82, 2.24) is 14.0 Å². The molecule has 12 heteroatoms. The standard InChI is InChI=1S/C24H23N5O6S/c1-13(2)14-5-7-16(8-6-14)25-21(30)12-28-22(31)20(36-24(28)33)10-15-9-18-19(11-17(15)29(34)35)27(4)23(32)26(18)3/h5-11,13H,12H2,1-4H3,(H,25,30)/b20-10-. The van der Waals surface area contributed by atoms with Crippen molar-refractivity contribution in [3.63, 3.8) is 0 Å². The number of hydrogen-bond donors (Lipinski definition) is 1. The number of nitrogens with zero attached hydrogens (tertiary/aromatic N) is 4. The van der Waals surface area contributed by atoms with E-state index in [1.165, 1.54) is 41.4 Å². The molecule has 1 N–H and O–H groups in total.